The largest absolute Gasteiger partial charge is 0.396 e. The van der Waals surface area contributed by atoms with E-state index < -0.39 is 5.82 Å². The Kier molecular flexibility index (Phi) is 7.98. The molecule has 1 aromatic carbocycles. The fraction of sp³-hybridized carbons (Fsp3) is 0.588. The van der Waals surface area contributed by atoms with Crippen molar-refractivity contribution < 1.29 is 9.18 Å². The van der Waals surface area contributed by atoms with Gasteiger partial charge in [0, 0.05) is 18.5 Å². The zero-order valence-corrected chi connectivity index (χ0v) is 13.2. The lowest BCUT2D eigenvalue weighted by atomic mass is 10.1. The number of nitrogen functional groups attached to an aromatic ring is 1. The number of Topliss-reactive ketones (excluding diaryl/α,β-unsaturated/α-hetero) is 1. The number of ketones is 1. The van der Waals surface area contributed by atoms with Crippen LogP contribution in [0.2, 0.25) is 0 Å². The summed E-state index contributed by atoms with van der Waals surface area (Å²) in [6, 6.07) is 4.20. The molecule has 1 aromatic rings. The Morgan fingerprint density at radius 2 is 1.76 bits per heavy atom. The van der Waals surface area contributed by atoms with Gasteiger partial charge in [0.25, 0.3) is 0 Å². The Hall–Kier alpha value is -1.42. The maximum absolute atomic E-state index is 13.1. The fourth-order valence-corrected chi connectivity index (χ4v) is 2.22. The van der Waals surface area contributed by atoms with Gasteiger partial charge in [0.1, 0.15) is 5.82 Å². The minimum atomic E-state index is -0.473. The van der Waals surface area contributed by atoms with E-state index in [1.54, 1.807) is 0 Å². The summed E-state index contributed by atoms with van der Waals surface area (Å²) in [6.45, 7) is 7.18. The number of unbranched alkanes of at least 4 members (excludes halogenated alkanes) is 2. The van der Waals surface area contributed by atoms with Crippen LogP contribution in [0.4, 0.5) is 10.1 Å². The van der Waals surface area contributed by atoms with Crippen molar-refractivity contribution in [3.63, 3.8) is 0 Å². The second-order valence-corrected chi connectivity index (χ2v) is 5.46. The molecule has 4 heteroatoms. The molecule has 0 radical (unpaired) electrons. The van der Waals surface area contributed by atoms with Crippen molar-refractivity contribution in [1.29, 1.82) is 0 Å². The van der Waals surface area contributed by atoms with Crippen LogP contribution in [-0.2, 0) is 0 Å². The van der Waals surface area contributed by atoms with Crippen LogP contribution in [0.3, 0.4) is 0 Å². The number of benzene rings is 1. The van der Waals surface area contributed by atoms with Crippen molar-refractivity contribution in [2.24, 2.45) is 0 Å². The van der Waals surface area contributed by atoms with Gasteiger partial charge < -0.3 is 10.6 Å². The minimum Gasteiger partial charge on any atom is -0.396 e. The lowest BCUT2D eigenvalue weighted by Crippen LogP contribution is -2.28. The van der Waals surface area contributed by atoms with Gasteiger partial charge in [0.2, 0.25) is 0 Å². The zero-order chi connectivity index (χ0) is 15.7. The maximum atomic E-state index is 13.1. The molecule has 0 spiro atoms. The molecule has 0 aliphatic rings. The van der Waals surface area contributed by atoms with Gasteiger partial charge in [-0.2, -0.15) is 0 Å². The van der Waals surface area contributed by atoms with Gasteiger partial charge in [0.15, 0.2) is 5.78 Å². The molecule has 0 atom stereocenters. The Balaban J connectivity index is 2.52. The highest BCUT2D eigenvalue weighted by molar-refractivity contribution is 5.96. The number of carbonyl (C=O) groups excluding carboxylic acids is 1. The first-order valence-corrected chi connectivity index (χ1v) is 7.89. The molecule has 0 fully saturated rings. The summed E-state index contributed by atoms with van der Waals surface area (Å²) < 4.78 is 13.1. The quantitative estimate of drug-likeness (QED) is 0.526. The van der Waals surface area contributed by atoms with Gasteiger partial charge in [0.05, 0.1) is 5.69 Å². The van der Waals surface area contributed by atoms with Crippen molar-refractivity contribution in [3.8, 4) is 0 Å². The lowest BCUT2D eigenvalue weighted by Gasteiger charge is -2.21. The summed E-state index contributed by atoms with van der Waals surface area (Å²) in [7, 11) is 0. The van der Waals surface area contributed by atoms with E-state index in [1.807, 2.05) is 0 Å². The lowest BCUT2D eigenvalue weighted by molar-refractivity contribution is 0.0963. The smallest absolute Gasteiger partial charge is 0.164 e. The number of rotatable bonds is 10. The Labute approximate surface area is 127 Å². The van der Waals surface area contributed by atoms with Gasteiger partial charge in [-0.15, -0.1) is 0 Å². The number of carbonyl (C=O) groups is 1. The van der Waals surface area contributed by atoms with Crippen LogP contribution in [0.15, 0.2) is 18.2 Å². The SMILES string of the molecule is CCCCN(CCCC)CCC(=O)c1ccc(F)c(N)c1. The van der Waals surface area contributed by atoms with Gasteiger partial charge in [-0.3, -0.25) is 4.79 Å². The van der Waals surface area contributed by atoms with E-state index in [0.717, 1.165) is 45.3 Å². The first kappa shape index (κ1) is 17.6. The first-order valence-electron chi connectivity index (χ1n) is 7.89. The standard InChI is InChI=1S/C17H27FN2O/c1-3-5-10-20(11-6-4-2)12-9-17(21)14-7-8-15(18)16(19)13-14/h7-8,13H,3-6,9-12,19H2,1-2H3. The van der Waals surface area contributed by atoms with Crippen LogP contribution >= 0.6 is 0 Å². The molecule has 0 aliphatic carbocycles. The van der Waals surface area contributed by atoms with Crippen LogP contribution in [0, 0.1) is 5.82 Å². The summed E-state index contributed by atoms with van der Waals surface area (Å²) in [5.41, 5.74) is 6.04. The summed E-state index contributed by atoms with van der Waals surface area (Å²) >= 11 is 0. The van der Waals surface area contributed by atoms with Crippen LogP contribution in [0.5, 0.6) is 0 Å². The molecule has 0 aliphatic heterocycles. The second-order valence-electron chi connectivity index (χ2n) is 5.46. The third-order valence-electron chi connectivity index (χ3n) is 3.63. The highest BCUT2D eigenvalue weighted by Gasteiger charge is 2.11. The van der Waals surface area contributed by atoms with Crippen molar-refractivity contribution in [3.05, 3.63) is 29.6 Å². The number of hydrogen-bond donors (Lipinski definition) is 1. The number of hydrogen-bond acceptors (Lipinski definition) is 3. The van der Waals surface area contributed by atoms with E-state index >= 15 is 0 Å². The molecule has 0 bridgehead atoms. The third kappa shape index (κ3) is 6.25. The minimum absolute atomic E-state index is 0.0275. The van der Waals surface area contributed by atoms with E-state index in [9.17, 15) is 9.18 Å². The topological polar surface area (TPSA) is 46.3 Å². The van der Waals surface area contributed by atoms with Crippen LogP contribution in [0.1, 0.15) is 56.3 Å². The molecule has 0 unspecified atom stereocenters. The van der Waals surface area contributed by atoms with E-state index in [2.05, 4.69) is 18.7 Å². The molecule has 0 saturated heterocycles. The molecule has 0 amide bonds. The van der Waals surface area contributed by atoms with Gasteiger partial charge in [-0.25, -0.2) is 4.39 Å². The average Bonchev–Trinajstić information content (AvgIpc) is 2.49. The Morgan fingerprint density at radius 3 is 2.29 bits per heavy atom. The van der Waals surface area contributed by atoms with Crippen molar-refractivity contribution in [2.45, 2.75) is 46.0 Å². The van der Waals surface area contributed by atoms with E-state index in [4.69, 9.17) is 5.73 Å². The molecule has 0 heterocycles. The molecular weight excluding hydrogens is 267 g/mol. The molecule has 3 nitrogen and oxygen atoms in total. The number of halogens is 1. The normalized spacial score (nSPS) is 11.0. The monoisotopic (exact) mass is 294 g/mol. The Bertz CT molecular complexity index is 440. The first-order chi connectivity index (χ1) is 10.1. The number of nitrogens with zero attached hydrogens (tertiary/aromatic N) is 1. The van der Waals surface area contributed by atoms with Crippen molar-refractivity contribution >= 4 is 11.5 Å². The number of nitrogens with two attached hydrogens (primary N) is 1. The zero-order valence-electron chi connectivity index (χ0n) is 13.2. The Morgan fingerprint density at radius 1 is 1.14 bits per heavy atom. The highest BCUT2D eigenvalue weighted by atomic mass is 19.1. The molecule has 0 saturated carbocycles. The van der Waals surface area contributed by atoms with Crippen molar-refractivity contribution in [2.75, 3.05) is 25.4 Å². The third-order valence-corrected chi connectivity index (χ3v) is 3.63. The molecule has 1 rings (SSSR count). The predicted octanol–water partition coefficient (Wildman–Crippen LogP) is 3.88. The summed E-state index contributed by atoms with van der Waals surface area (Å²) in [5.74, 6) is -0.446. The van der Waals surface area contributed by atoms with Crippen LogP contribution in [-0.4, -0.2) is 30.3 Å². The summed E-state index contributed by atoms with van der Waals surface area (Å²) in [4.78, 5) is 14.5. The molecule has 0 aromatic heterocycles. The maximum Gasteiger partial charge on any atom is 0.164 e. The molecule has 2 N–H and O–H groups in total. The fourth-order valence-electron chi connectivity index (χ4n) is 2.22. The molecule has 21 heavy (non-hydrogen) atoms. The van der Waals surface area contributed by atoms with E-state index in [1.165, 1.54) is 18.2 Å². The summed E-state index contributed by atoms with van der Waals surface area (Å²) in [6.07, 6.45) is 5.08. The molecular formula is C17H27FN2O. The summed E-state index contributed by atoms with van der Waals surface area (Å²) in [5, 5.41) is 0. The van der Waals surface area contributed by atoms with Gasteiger partial charge in [-0.05, 0) is 44.1 Å². The molecule has 118 valence electrons. The van der Waals surface area contributed by atoms with Crippen molar-refractivity contribution in [1.82, 2.24) is 4.90 Å². The van der Waals surface area contributed by atoms with E-state index in [0.29, 0.717) is 12.0 Å². The van der Waals surface area contributed by atoms with Gasteiger partial charge in [-0.1, -0.05) is 26.7 Å². The van der Waals surface area contributed by atoms with Crippen LogP contribution < -0.4 is 5.73 Å². The average molecular weight is 294 g/mol. The predicted molar refractivity (Wildman–Crippen MR) is 86.0 cm³/mol. The number of anilines is 1. The van der Waals surface area contributed by atoms with Crippen LogP contribution in [0.25, 0.3) is 0 Å². The second kappa shape index (κ2) is 9.50. The van der Waals surface area contributed by atoms with Gasteiger partial charge >= 0.3 is 0 Å². The van der Waals surface area contributed by atoms with E-state index in [-0.39, 0.29) is 11.5 Å². The highest BCUT2D eigenvalue weighted by Crippen LogP contribution is 2.14.